The van der Waals surface area contributed by atoms with Crippen LogP contribution in [0.2, 0.25) is 0 Å². The van der Waals surface area contributed by atoms with Gasteiger partial charge in [0.15, 0.2) is 17.1 Å². The third kappa shape index (κ3) is 3.22. The maximum absolute atomic E-state index is 13.3. The van der Waals surface area contributed by atoms with E-state index >= 15 is 0 Å². The molecule has 1 atom stereocenters. The lowest BCUT2D eigenvalue weighted by Crippen LogP contribution is -2.39. The number of hydrogen-bond donors (Lipinski definition) is 3. The number of aryl methyl sites for hydroxylation is 1. The van der Waals surface area contributed by atoms with Gasteiger partial charge in [0.25, 0.3) is 0 Å². The van der Waals surface area contributed by atoms with Gasteiger partial charge in [0.05, 0.1) is 17.6 Å². The van der Waals surface area contributed by atoms with E-state index < -0.39 is 11.8 Å². The Morgan fingerprint density at radius 3 is 2.60 bits per heavy atom. The number of nitrogens with two attached hydrogens (primary N) is 1. The predicted molar refractivity (Wildman–Crippen MR) is 106 cm³/mol. The van der Waals surface area contributed by atoms with Gasteiger partial charge in [-0.05, 0) is 49.8 Å². The number of benzene rings is 1. The van der Waals surface area contributed by atoms with Crippen molar-refractivity contribution in [2.75, 3.05) is 12.3 Å². The van der Waals surface area contributed by atoms with Crippen molar-refractivity contribution >= 4 is 11.5 Å². The fourth-order valence-electron chi connectivity index (χ4n) is 3.92. The number of anilines is 1. The molecule has 0 bridgehead atoms. The third-order valence-corrected chi connectivity index (χ3v) is 6.08. The monoisotopic (exact) mass is 420 g/mol. The number of nitrogens with zero attached hydrogens (tertiary/aromatic N) is 3. The highest BCUT2D eigenvalue weighted by atomic mass is 19.4. The number of aromatic nitrogens is 3. The Bertz CT molecular complexity index is 1100. The molecule has 3 aromatic rings. The summed E-state index contributed by atoms with van der Waals surface area (Å²) >= 11 is 0. The maximum atomic E-state index is 13.3. The summed E-state index contributed by atoms with van der Waals surface area (Å²) in [7, 11) is 0. The number of imidazole rings is 1. The minimum absolute atomic E-state index is 0.135. The first kappa shape index (κ1) is 20.6. The molecule has 6 nitrogen and oxygen atoms in total. The van der Waals surface area contributed by atoms with Crippen LogP contribution in [-0.4, -0.2) is 37.4 Å². The summed E-state index contributed by atoms with van der Waals surface area (Å²) < 4.78 is 41.7. The second kappa shape index (κ2) is 6.95. The molecule has 0 radical (unpaired) electrons. The van der Waals surface area contributed by atoms with Crippen molar-refractivity contribution in [2.24, 2.45) is 5.92 Å². The van der Waals surface area contributed by atoms with E-state index in [0.29, 0.717) is 16.9 Å². The minimum Gasteiger partial charge on any atom is -0.396 e. The SMILES string of the molecule is Cc1ccc([C@](C)(O)C(F)(F)F)cc1-c1cnc2c(N)nc(C3CC(CO)C3)cn12. The molecule has 1 fully saturated rings. The second-order valence-electron chi connectivity index (χ2n) is 8.20. The molecule has 1 saturated carbocycles. The Labute approximate surface area is 171 Å². The second-order valence-corrected chi connectivity index (χ2v) is 8.20. The van der Waals surface area contributed by atoms with Gasteiger partial charge in [-0.15, -0.1) is 0 Å². The molecule has 30 heavy (non-hydrogen) atoms. The fourth-order valence-corrected chi connectivity index (χ4v) is 3.92. The van der Waals surface area contributed by atoms with Gasteiger partial charge in [0, 0.05) is 24.3 Å². The summed E-state index contributed by atoms with van der Waals surface area (Å²) in [6, 6.07) is 4.17. The zero-order valence-corrected chi connectivity index (χ0v) is 16.6. The zero-order chi connectivity index (χ0) is 21.8. The van der Waals surface area contributed by atoms with Crippen molar-refractivity contribution in [2.45, 2.75) is 44.4 Å². The number of fused-ring (bicyclic) bond motifs is 1. The lowest BCUT2D eigenvalue weighted by molar-refractivity contribution is -0.258. The van der Waals surface area contributed by atoms with E-state index in [1.54, 1.807) is 29.8 Å². The van der Waals surface area contributed by atoms with Gasteiger partial charge in [0.2, 0.25) is 0 Å². The summed E-state index contributed by atoms with van der Waals surface area (Å²) in [5.41, 5.74) is 5.86. The lowest BCUT2D eigenvalue weighted by Gasteiger charge is -2.33. The molecule has 160 valence electrons. The number of aliphatic hydroxyl groups is 2. The van der Waals surface area contributed by atoms with Crippen molar-refractivity contribution in [3.63, 3.8) is 0 Å². The van der Waals surface area contributed by atoms with Crippen molar-refractivity contribution in [1.82, 2.24) is 14.4 Å². The van der Waals surface area contributed by atoms with E-state index in [0.717, 1.165) is 31.0 Å². The molecule has 2 heterocycles. The fraction of sp³-hybridized carbons (Fsp3) is 0.429. The van der Waals surface area contributed by atoms with Gasteiger partial charge in [-0.3, -0.25) is 4.40 Å². The highest BCUT2D eigenvalue weighted by molar-refractivity contribution is 5.72. The van der Waals surface area contributed by atoms with E-state index in [2.05, 4.69) is 9.97 Å². The number of hydrogen-bond acceptors (Lipinski definition) is 5. The van der Waals surface area contributed by atoms with Crippen LogP contribution in [0.4, 0.5) is 19.0 Å². The van der Waals surface area contributed by atoms with Crippen LogP contribution < -0.4 is 5.73 Å². The van der Waals surface area contributed by atoms with Crippen LogP contribution in [-0.2, 0) is 5.60 Å². The van der Waals surface area contributed by atoms with Crippen molar-refractivity contribution in [3.05, 3.63) is 47.4 Å². The minimum atomic E-state index is -4.81. The molecule has 1 aliphatic carbocycles. The Morgan fingerprint density at radius 1 is 1.27 bits per heavy atom. The quantitative estimate of drug-likeness (QED) is 0.600. The molecule has 0 unspecified atom stereocenters. The van der Waals surface area contributed by atoms with Crippen LogP contribution in [0.1, 0.15) is 42.5 Å². The number of halogens is 3. The summed E-state index contributed by atoms with van der Waals surface area (Å²) in [6.45, 7) is 2.66. The molecule has 0 saturated heterocycles. The largest absolute Gasteiger partial charge is 0.421 e. The number of nitrogen functional groups attached to an aromatic ring is 1. The molecule has 0 aliphatic heterocycles. The summed E-state index contributed by atoms with van der Waals surface area (Å²) in [5.74, 6) is 0.657. The number of rotatable bonds is 4. The van der Waals surface area contributed by atoms with E-state index in [1.165, 1.54) is 12.1 Å². The van der Waals surface area contributed by atoms with Gasteiger partial charge in [-0.1, -0.05) is 12.1 Å². The van der Waals surface area contributed by atoms with Crippen molar-refractivity contribution in [1.29, 1.82) is 0 Å². The average Bonchev–Trinajstić information content (AvgIpc) is 3.04. The topological polar surface area (TPSA) is 96.7 Å². The first-order valence-electron chi connectivity index (χ1n) is 9.68. The van der Waals surface area contributed by atoms with Crippen molar-refractivity contribution < 1.29 is 23.4 Å². The Hall–Kier alpha value is -2.65. The first-order chi connectivity index (χ1) is 14.0. The van der Waals surface area contributed by atoms with Gasteiger partial charge in [0.1, 0.15) is 0 Å². The third-order valence-electron chi connectivity index (χ3n) is 6.08. The number of aliphatic hydroxyl groups excluding tert-OH is 1. The highest BCUT2D eigenvalue weighted by Crippen LogP contribution is 2.42. The lowest BCUT2D eigenvalue weighted by atomic mass is 9.74. The number of alkyl halides is 3. The molecule has 9 heteroatoms. The van der Waals surface area contributed by atoms with Crippen LogP contribution in [0.3, 0.4) is 0 Å². The molecule has 4 N–H and O–H groups in total. The summed E-state index contributed by atoms with van der Waals surface area (Å²) in [4.78, 5) is 8.74. The van der Waals surface area contributed by atoms with Gasteiger partial charge >= 0.3 is 6.18 Å². The van der Waals surface area contributed by atoms with Crippen LogP contribution in [0.5, 0.6) is 0 Å². The Kier molecular flexibility index (Phi) is 4.78. The van der Waals surface area contributed by atoms with Gasteiger partial charge < -0.3 is 15.9 Å². The smallest absolute Gasteiger partial charge is 0.396 e. The van der Waals surface area contributed by atoms with Gasteiger partial charge in [-0.25, -0.2) is 9.97 Å². The maximum Gasteiger partial charge on any atom is 0.421 e. The normalized spacial score (nSPS) is 21.4. The molecule has 2 aromatic heterocycles. The van der Waals surface area contributed by atoms with E-state index in [-0.39, 0.29) is 29.8 Å². The molecule has 1 aromatic carbocycles. The molecular weight excluding hydrogens is 397 g/mol. The van der Waals surface area contributed by atoms with Crippen molar-refractivity contribution in [3.8, 4) is 11.3 Å². The van der Waals surface area contributed by atoms with Crippen LogP contribution in [0.15, 0.2) is 30.6 Å². The van der Waals surface area contributed by atoms with E-state index in [9.17, 15) is 23.4 Å². The molecule has 4 rings (SSSR count). The van der Waals surface area contributed by atoms with E-state index in [1.807, 2.05) is 0 Å². The Morgan fingerprint density at radius 2 is 1.97 bits per heavy atom. The summed E-state index contributed by atoms with van der Waals surface area (Å²) in [5, 5.41) is 19.4. The molecule has 0 spiro atoms. The average molecular weight is 420 g/mol. The van der Waals surface area contributed by atoms with Crippen LogP contribution in [0, 0.1) is 12.8 Å². The Balaban J connectivity index is 1.82. The summed E-state index contributed by atoms with van der Waals surface area (Å²) in [6.07, 6.45) is 0.153. The zero-order valence-electron chi connectivity index (χ0n) is 16.6. The standard InChI is InChI=1S/C21H23F3N4O2/c1-11-3-4-14(20(2,30)21(22,23)24)7-15(11)17-8-26-19-18(25)27-16(9-28(17)19)13-5-12(6-13)10-29/h3-4,7-9,12-13,29-30H,5-6,10H2,1-2H3,(H2,25,27)/t12?,13?,20-/m0/s1. The first-order valence-corrected chi connectivity index (χ1v) is 9.68. The predicted octanol–water partition coefficient (Wildman–Crippen LogP) is 3.54. The molecule has 1 aliphatic rings. The van der Waals surface area contributed by atoms with Gasteiger partial charge in [-0.2, -0.15) is 13.2 Å². The molecule has 0 amide bonds. The highest BCUT2D eigenvalue weighted by Gasteiger charge is 2.51. The molecular formula is C21H23F3N4O2. The van der Waals surface area contributed by atoms with E-state index in [4.69, 9.17) is 5.73 Å². The van der Waals surface area contributed by atoms with Crippen LogP contribution >= 0.6 is 0 Å². The van der Waals surface area contributed by atoms with Crippen LogP contribution in [0.25, 0.3) is 16.9 Å².